The van der Waals surface area contributed by atoms with Crippen LogP contribution in [0.5, 0.6) is 0 Å². The van der Waals surface area contributed by atoms with Crippen molar-refractivity contribution in [2.45, 2.75) is 24.5 Å². The average Bonchev–Trinajstić information content (AvgIpc) is 2.76. The van der Waals surface area contributed by atoms with E-state index < -0.39 is 0 Å². The van der Waals surface area contributed by atoms with E-state index in [1.54, 1.807) is 0 Å². The summed E-state index contributed by atoms with van der Waals surface area (Å²) >= 11 is 5.84. The number of rotatable bonds is 8. The van der Waals surface area contributed by atoms with Crippen molar-refractivity contribution in [3.8, 4) is 0 Å². The minimum absolute atomic E-state index is 0.134. The van der Waals surface area contributed by atoms with E-state index in [1.807, 2.05) is 35.3 Å². The zero-order valence-electron chi connectivity index (χ0n) is 16.0. The Kier molecular flexibility index (Phi) is 7.04. The van der Waals surface area contributed by atoms with Gasteiger partial charge in [0.25, 0.3) is 0 Å². The molecule has 0 amide bonds. The van der Waals surface area contributed by atoms with Crippen molar-refractivity contribution in [1.29, 1.82) is 0 Å². The second kappa shape index (κ2) is 10.1. The molecule has 0 saturated heterocycles. The van der Waals surface area contributed by atoms with E-state index >= 15 is 0 Å². The van der Waals surface area contributed by atoms with Crippen LogP contribution in [0.3, 0.4) is 0 Å². The Bertz CT molecular complexity index is 816. The number of hydrogen-bond donors (Lipinski definition) is 0. The van der Waals surface area contributed by atoms with Gasteiger partial charge in [0.1, 0.15) is 3.41 Å². The molecule has 144 valence electrons. The number of hydrogen-bond acceptors (Lipinski definition) is 3. The van der Waals surface area contributed by atoms with E-state index in [2.05, 4.69) is 121 Å². The van der Waals surface area contributed by atoms with Crippen LogP contribution in [0.15, 0.2) is 136 Å². The van der Waals surface area contributed by atoms with Crippen molar-refractivity contribution in [3.63, 3.8) is 0 Å². The fourth-order valence-corrected chi connectivity index (χ4v) is 7.93. The quantitative estimate of drug-likeness (QED) is 0.204. The molecular formula is C26H22S3. The van der Waals surface area contributed by atoms with Gasteiger partial charge in [0, 0.05) is 21.1 Å². The molecule has 0 aliphatic carbocycles. The molecule has 4 aromatic rings. The van der Waals surface area contributed by atoms with Crippen LogP contribution in [-0.4, -0.2) is 3.41 Å². The SMILES string of the molecule is c1ccc(CC(Sc2ccccc2)(Sc2ccccc2)Sc2ccccc2)cc1. The molecule has 0 nitrogen and oxygen atoms in total. The number of benzene rings is 4. The van der Waals surface area contributed by atoms with Gasteiger partial charge < -0.3 is 0 Å². The van der Waals surface area contributed by atoms with E-state index in [0.29, 0.717) is 0 Å². The van der Waals surface area contributed by atoms with Gasteiger partial charge in [-0.2, -0.15) is 0 Å². The molecule has 29 heavy (non-hydrogen) atoms. The average molecular weight is 431 g/mol. The van der Waals surface area contributed by atoms with Crippen molar-refractivity contribution < 1.29 is 0 Å². The first kappa shape index (κ1) is 20.2. The van der Waals surface area contributed by atoms with Crippen LogP contribution in [-0.2, 0) is 6.42 Å². The highest BCUT2D eigenvalue weighted by atomic mass is 32.3. The van der Waals surface area contributed by atoms with Crippen molar-refractivity contribution in [3.05, 3.63) is 127 Å². The summed E-state index contributed by atoms with van der Waals surface area (Å²) in [6.45, 7) is 0. The molecule has 0 aromatic heterocycles. The van der Waals surface area contributed by atoms with Crippen LogP contribution in [0.4, 0.5) is 0 Å². The fraction of sp³-hybridized carbons (Fsp3) is 0.0769. The lowest BCUT2D eigenvalue weighted by atomic mass is 10.2. The summed E-state index contributed by atoms with van der Waals surface area (Å²) in [6.07, 6.45) is 0.951. The molecule has 0 heterocycles. The first-order valence-electron chi connectivity index (χ1n) is 9.57. The van der Waals surface area contributed by atoms with Gasteiger partial charge in [-0.15, -0.1) is 0 Å². The Hall–Kier alpha value is -2.07. The molecule has 0 fully saturated rings. The fourth-order valence-electron chi connectivity index (χ4n) is 3.02. The molecule has 3 heteroatoms. The molecule has 4 rings (SSSR count). The molecule has 4 aromatic carbocycles. The normalized spacial score (nSPS) is 11.3. The third-order valence-corrected chi connectivity index (χ3v) is 8.70. The lowest BCUT2D eigenvalue weighted by molar-refractivity contribution is 1.05. The van der Waals surface area contributed by atoms with Gasteiger partial charge in [-0.1, -0.05) is 120 Å². The van der Waals surface area contributed by atoms with Crippen molar-refractivity contribution in [2.24, 2.45) is 0 Å². The first-order valence-corrected chi connectivity index (χ1v) is 12.0. The third kappa shape index (κ3) is 5.96. The molecule has 0 atom stereocenters. The van der Waals surface area contributed by atoms with Gasteiger partial charge >= 0.3 is 0 Å². The molecule has 0 aliphatic heterocycles. The van der Waals surface area contributed by atoms with E-state index in [1.165, 1.54) is 20.2 Å². The zero-order chi connectivity index (χ0) is 19.8. The first-order chi connectivity index (χ1) is 14.3. The zero-order valence-corrected chi connectivity index (χ0v) is 18.4. The van der Waals surface area contributed by atoms with Crippen molar-refractivity contribution in [1.82, 2.24) is 0 Å². The van der Waals surface area contributed by atoms with Crippen molar-refractivity contribution in [2.75, 3.05) is 0 Å². The Balaban J connectivity index is 1.75. The molecule has 0 aliphatic rings. The van der Waals surface area contributed by atoms with Gasteiger partial charge in [-0.05, 0) is 42.0 Å². The summed E-state index contributed by atoms with van der Waals surface area (Å²) in [5.74, 6) is 0. The Morgan fingerprint density at radius 2 is 0.724 bits per heavy atom. The monoisotopic (exact) mass is 430 g/mol. The predicted molar refractivity (Wildman–Crippen MR) is 130 cm³/mol. The molecule has 0 spiro atoms. The lowest BCUT2D eigenvalue weighted by Gasteiger charge is -2.32. The minimum Gasteiger partial charge on any atom is -0.0962 e. The maximum absolute atomic E-state index is 2.23. The topological polar surface area (TPSA) is 0 Å². The second-order valence-corrected chi connectivity index (χ2v) is 11.5. The highest BCUT2D eigenvalue weighted by molar-refractivity contribution is 8.33. The van der Waals surface area contributed by atoms with Gasteiger partial charge in [0.05, 0.1) is 0 Å². The van der Waals surface area contributed by atoms with Gasteiger partial charge in [-0.3, -0.25) is 0 Å². The summed E-state index contributed by atoms with van der Waals surface area (Å²) in [4.78, 5) is 3.86. The van der Waals surface area contributed by atoms with Crippen LogP contribution in [0.1, 0.15) is 5.56 Å². The van der Waals surface area contributed by atoms with E-state index in [0.717, 1.165) is 6.42 Å². The summed E-state index contributed by atoms with van der Waals surface area (Å²) < 4.78 is -0.134. The third-order valence-electron chi connectivity index (χ3n) is 4.31. The summed E-state index contributed by atoms with van der Waals surface area (Å²) in [5.41, 5.74) is 1.35. The van der Waals surface area contributed by atoms with Gasteiger partial charge in [0.2, 0.25) is 0 Å². The molecule has 0 bridgehead atoms. The summed E-state index contributed by atoms with van der Waals surface area (Å²) in [6, 6.07) is 43.0. The minimum atomic E-state index is -0.134. The molecule has 0 radical (unpaired) electrons. The molecular weight excluding hydrogens is 408 g/mol. The van der Waals surface area contributed by atoms with Crippen LogP contribution in [0.25, 0.3) is 0 Å². The van der Waals surface area contributed by atoms with Crippen molar-refractivity contribution >= 4 is 35.3 Å². The van der Waals surface area contributed by atoms with E-state index in [4.69, 9.17) is 0 Å². The highest BCUT2D eigenvalue weighted by Crippen LogP contribution is 2.57. The summed E-state index contributed by atoms with van der Waals surface area (Å²) in [7, 11) is 0. The van der Waals surface area contributed by atoms with Gasteiger partial charge in [0.15, 0.2) is 0 Å². The highest BCUT2D eigenvalue weighted by Gasteiger charge is 2.35. The van der Waals surface area contributed by atoms with Crippen LogP contribution >= 0.6 is 35.3 Å². The maximum atomic E-state index is 2.23. The molecule has 0 unspecified atom stereocenters. The van der Waals surface area contributed by atoms with Crippen LogP contribution < -0.4 is 0 Å². The standard InChI is InChI=1S/C26H22S3/c1-5-13-22(14-6-1)21-26(27-23-15-7-2-8-16-23,28-24-17-9-3-10-18-24)29-25-19-11-4-12-20-25/h1-20H,21H2. The Labute approximate surface area is 186 Å². The van der Waals surface area contributed by atoms with E-state index in [-0.39, 0.29) is 3.41 Å². The molecule has 0 N–H and O–H groups in total. The largest absolute Gasteiger partial charge is 0.124 e. The van der Waals surface area contributed by atoms with E-state index in [9.17, 15) is 0 Å². The van der Waals surface area contributed by atoms with Crippen LogP contribution in [0.2, 0.25) is 0 Å². The summed E-state index contributed by atoms with van der Waals surface area (Å²) in [5, 5.41) is 0. The number of thioether (sulfide) groups is 3. The predicted octanol–water partition coefficient (Wildman–Crippen LogP) is 8.26. The van der Waals surface area contributed by atoms with Gasteiger partial charge in [-0.25, -0.2) is 0 Å². The Morgan fingerprint density at radius 1 is 0.414 bits per heavy atom. The molecule has 0 saturated carbocycles. The second-order valence-electron chi connectivity index (χ2n) is 6.59. The Morgan fingerprint density at radius 3 is 1.07 bits per heavy atom. The lowest BCUT2D eigenvalue weighted by Crippen LogP contribution is -2.19. The van der Waals surface area contributed by atoms with Crippen LogP contribution in [0, 0.1) is 0 Å². The smallest absolute Gasteiger partial charge is 0.0962 e. The maximum Gasteiger partial charge on any atom is 0.124 e.